The van der Waals surface area contributed by atoms with E-state index in [1.807, 2.05) is 0 Å². The molecule has 4 rings (SSSR count). The number of urea groups is 1. The van der Waals surface area contributed by atoms with Crippen LogP contribution in [0.4, 0.5) is 4.79 Å². The molecule has 0 unspecified atom stereocenters. The number of carbonyl (C=O) groups excluding carboxylic acids is 3. The topological polar surface area (TPSA) is 83.7 Å². The van der Waals surface area contributed by atoms with E-state index in [9.17, 15) is 14.4 Å². The van der Waals surface area contributed by atoms with Crippen molar-refractivity contribution < 1.29 is 18.8 Å². The van der Waals surface area contributed by atoms with E-state index in [-0.39, 0.29) is 13.1 Å². The second-order valence-corrected chi connectivity index (χ2v) is 6.92. The summed E-state index contributed by atoms with van der Waals surface area (Å²) in [5.74, 6) is -0.0490. The van der Waals surface area contributed by atoms with Crippen LogP contribution in [0.5, 0.6) is 0 Å². The van der Waals surface area contributed by atoms with E-state index in [2.05, 4.69) is 11.1 Å². The first-order valence-electron chi connectivity index (χ1n) is 8.93. The largest absolute Gasteiger partial charge is 0.443 e. The summed E-state index contributed by atoms with van der Waals surface area (Å²) in [6.45, 7) is 0.167. The third-order valence-corrected chi connectivity index (χ3v) is 5.02. The molecule has 2 heterocycles. The Hall–Kier alpha value is -2.44. The molecular formula is C18H21N3O4. The lowest BCUT2D eigenvalue weighted by Crippen LogP contribution is -2.34. The molecule has 0 N–H and O–H groups in total. The summed E-state index contributed by atoms with van der Waals surface area (Å²) in [5.41, 5.74) is 1.26. The number of nitrogens with zero attached hydrogens (tertiary/aromatic N) is 3. The zero-order valence-corrected chi connectivity index (χ0v) is 14.1. The lowest BCUT2D eigenvalue weighted by Gasteiger charge is -2.17. The van der Waals surface area contributed by atoms with Gasteiger partial charge in [0.25, 0.3) is 0 Å². The van der Waals surface area contributed by atoms with Crippen molar-refractivity contribution in [3.63, 3.8) is 0 Å². The highest BCUT2D eigenvalue weighted by atomic mass is 16.4. The third kappa shape index (κ3) is 3.23. The van der Waals surface area contributed by atoms with Crippen molar-refractivity contribution in [2.75, 3.05) is 6.54 Å². The normalized spacial score (nSPS) is 21.3. The van der Waals surface area contributed by atoms with Crippen LogP contribution in [0.2, 0.25) is 0 Å². The van der Waals surface area contributed by atoms with E-state index in [1.165, 1.54) is 12.0 Å². The van der Waals surface area contributed by atoms with Gasteiger partial charge in [0.15, 0.2) is 0 Å². The zero-order valence-electron chi connectivity index (χ0n) is 14.1. The highest BCUT2D eigenvalue weighted by Crippen LogP contribution is 2.40. The monoisotopic (exact) mass is 343 g/mol. The van der Waals surface area contributed by atoms with Crippen LogP contribution in [-0.4, -0.2) is 39.2 Å². The molecule has 2 aliphatic carbocycles. The Labute approximate surface area is 145 Å². The van der Waals surface area contributed by atoms with Gasteiger partial charge in [-0.1, -0.05) is 11.6 Å². The fraction of sp³-hybridized carbons (Fsp3) is 0.556. The zero-order chi connectivity index (χ0) is 17.4. The Morgan fingerprint density at radius 1 is 1.12 bits per heavy atom. The SMILES string of the molecule is O=C1C(=O)N(Cc2ncc(C3CC3)o2)C(=O)N1CCC1=CCCCC1. The molecule has 7 nitrogen and oxygen atoms in total. The second kappa shape index (κ2) is 6.46. The minimum atomic E-state index is -0.797. The van der Waals surface area contributed by atoms with Crippen molar-refractivity contribution in [2.45, 2.75) is 57.4 Å². The Kier molecular flexibility index (Phi) is 4.15. The number of allylic oxidation sites excluding steroid dienone is 1. The van der Waals surface area contributed by atoms with Crippen LogP contribution >= 0.6 is 0 Å². The van der Waals surface area contributed by atoms with Crippen LogP contribution in [0.15, 0.2) is 22.3 Å². The number of oxazole rings is 1. The van der Waals surface area contributed by atoms with Gasteiger partial charge in [0.05, 0.1) is 6.20 Å². The fourth-order valence-corrected chi connectivity index (χ4v) is 3.36. The number of carbonyl (C=O) groups is 3. The van der Waals surface area contributed by atoms with Crippen molar-refractivity contribution in [3.8, 4) is 0 Å². The molecular weight excluding hydrogens is 322 g/mol. The van der Waals surface area contributed by atoms with E-state index < -0.39 is 17.8 Å². The molecule has 0 radical (unpaired) electrons. The molecule has 0 bridgehead atoms. The highest BCUT2D eigenvalue weighted by molar-refractivity contribution is 6.44. The van der Waals surface area contributed by atoms with Crippen molar-refractivity contribution in [3.05, 3.63) is 29.5 Å². The average Bonchev–Trinajstić information content (AvgIpc) is 3.34. The molecule has 0 aromatic carbocycles. The smallest absolute Gasteiger partial charge is 0.334 e. The number of rotatable bonds is 6. The Bertz CT molecular complexity index is 747. The third-order valence-electron chi connectivity index (χ3n) is 5.02. The van der Waals surface area contributed by atoms with E-state index in [0.29, 0.717) is 18.2 Å². The van der Waals surface area contributed by atoms with Crippen LogP contribution < -0.4 is 0 Å². The van der Waals surface area contributed by atoms with Gasteiger partial charge in [-0.05, 0) is 44.9 Å². The molecule has 3 aliphatic rings. The first-order valence-corrected chi connectivity index (χ1v) is 8.93. The summed E-state index contributed by atoms with van der Waals surface area (Å²) in [7, 11) is 0. The number of hydrogen-bond donors (Lipinski definition) is 0. The quantitative estimate of drug-likeness (QED) is 0.450. The van der Waals surface area contributed by atoms with Gasteiger partial charge in [0.1, 0.15) is 12.3 Å². The van der Waals surface area contributed by atoms with Gasteiger partial charge in [-0.15, -0.1) is 0 Å². The van der Waals surface area contributed by atoms with Crippen LogP contribution in [0.25, 0.3) is 0 Å². The summed E-state index contributed by atoms with van der Waals surface area (Å²) in [5, 5.41) is 0. The molecule has 1 saturated carbocycles. The fourth-order valence-electron chi connectivity index (χ4n) is 3.36. The second-order valence-electron chi connectivity index (χ2n) is 6.92. The van der Waals surface area contributed by atoms with E-state index in [1.54, 1.807) is 6.20 Å². The predicted octanol–water partition coefficient (Wildman–Crippen LogP) is 2.73. The molecule has 1 aromatic rings. The van der Waals surface area contributed by atoms with Gasteiger partial charge in [-0.25, -0.2) is 14.7 Å². The van der Waals surface area contributed by atoms with Gasteiger partial charge in [-0.3, -0.25) is 14.5 Å². The van der Waals surface area contributed by atoms with Gasteiger partial charge < -0.3 is 4.42 Å². The van der Waals surface area contributed by atoms with E-state index in [4.69, 9.17) is 4.42 Å². The maximum atomic E-state index is 12.5. The summed E-state index contributed by atoms with van der Waals surface area (Å²) in [6.07, 6.45) is 11.0. The molecule has 1 aliphatic heterocycles. The minimum Gasteiger partial charge on any atom is -0.443 e. The lowest BCUT2D eigenvalue weighted by molar-refractivity contribution is -0.143. The molecule has 2 fully saturated rings. The minimum absolute atomic E-state index is 0.0880. The summed E-state index contributed by atoms with van der Waals surface area (Å²) in [6, 6.07) is -0.572. The first kappa shape index (κ1) is 16.1. The van der Waals surface area contributed by atoms with Gasteiger partial charge >= 0.3 is 17.8 Å². The van der Waals surface area contributed by atoms with Gasteiger partial charge in [-0.2, -0.15) is 0 Å². The molecule has 1 saturated heterocycles. The molecule has 0 spiro atoms. The molecule has 4 amide bonds. The molecule has 25 heavy (non-hydrogen) atoms. The van der Waals surface area contributed by atoms with Crippen LogP contribution in [0.3, 0.4) is 0 Å². The van der Waals surface area contributed by atoms with Crippen molar-refractivity contribution in [2.24, 2.45) is 0 Å². The number of amides is 4. The van der Waals surface area contributed by atoms with Gasteiger partial charge in [0.2, 0.25) is 5.89 Å². The lowest BCUT2D eigenvalue weighted by atomic mass is 9.97. The van der Waals surface area contributed by atoms with Crippen LogP contribution in [0, 0.1) is 0 Å². The number of imide groups is 2. The van der Waals surface area contributed by atoms with Crippen LogP contribution in [-0.2, 0) is 16.1 Å². The summed E-state index contributed by atoms with van der Waals surface area (Å²) >= 11 is 0. The predicted molar refractivity (Wildman–Crippen MR) is 87.3 cm³/mol. The van der Waals surface area contributed by atoms with E-state index in [0.717, 1.165) is 47.7 Å². The molecule has 132 valence electrons. The van der Waals surface area contributed by atoms with Crippen molar-refractivity contribution in [1.29, 1.82) is 0 Å². The van der Waals surface area contributed by atoms with Crippen molar-refractivity contribution >= 4 is 17.8 Å². The average molecular weight is 343 g/mol. The molecule has 0 atom stereocenters. The number of hydrogen-bond acceptors (Lipinski definition) is 5. The Balaban J connectivity index is 1.40. The standard InChI is InChI=1S/C18H21N3O4/c22-16-17(23)21(11-15-19-10-14(25-15)13-6-7-13)18(24)20(16)9-8-12-4-2-1-3-5-12/h4,10,13H,1-3,5-9,11H2. The maximum Gasteiger partial charge on any atom is 0.334 e. The van der Waals surface area contributed by atoms with Crippen molar-refractivity contribution in [1.82, 2.24) is 14.8 Å². The van der Waals surface area contributed by atoms with Crippen LogP contribution in [0.1, 0.15) is 62.5 Å². The molecule has 7 heteroatoms. The summed E-state index contributed by atoms with van der Waals surface area (Å²) in [4.78, 5) is 42.9. The molecule has 1 aromatic heterocycles. The summed E-state index contributed by atoms with van der Waals surface area (Å²) < 4.78 is 5.60. The van der Waals surface area contributed by atoms with E-state index >= 15 is 0 Å². The van der Waals surface area contributed by atoms with Gasteiger partial charge in [0, 0.05) is 12.5 Å². The Morgan fingerprint density at radius 2 is 1.92 bits per heavy atom. The highest BCUT2D eigenvalue weighted by Gasteiger charge is 2.44. The number of aromatic nitrogens is 1. The Morgan fingerprint density at radius 3 is 2.64 bits per heavy atom. The first-order chi connectivity index (χ1) is 12.1. The maximum absolute atomic E-state index is 12.5.